The predicted octanol–water partition coefficient (Wildman–Crippen LogP) is 4.61. The van der Waals surface area contributed by atoms with Gasteiger partial charge in [-0.2, -0.15) is 0 Å². The average molecular weight is 483 g/mol. The molecule has 0 saturated heterocycles. The molecule has 0 aliphatic carbocycles. The van der Waals surface area contributed by atoms with E-state index in [1.165, 1.54) is 11.0 Å². The molecule has 2 N–H and O–H groups in total. The van der Waals surface area contributed by atoms with Gasteiger partial charge in [-0.15, -0.1) is 0 Å². The number of aliphatic hydroxyl groups excluding tert-OH is 1. The number of nitrogens with one attached hydrogen (secondary N) is 1. The molecule has 2 aromatic carbocycles. The molecule has 2 amide bonds. The van der Waals surface area contributed by atoms with E-state index in [9.17, 15) is 23.5 Å². The third-order valence-electron chi connectivity index (χ3n) is 5.21. The Balaban J connectivity index is 1.43. The Morgan fingerprint density at radius 2 is 1.72 bits per heavy atom. The number of nitrogens with zero attached hydrogens (tertiary/aromatic N) is 1. The minimum atomic E-state index is -0.963. The van der Waals surface area contributed by atoms with Crippen molar-refractivity contribution in [3.63, 3.8) is 0 Å². The predicted molar refractivity (Wildman–Crippen MR) is 119 cm³/mol. The highest BCUT2D eigenvalue weighted by Crippen LogP contribution is 2.23. The lowest BCUT2D eigenvalue weighted by Gasteiger charge is -2.16. The first-order valence-corrected chi connectivity index (χ1v) is 10.9. The van der Waals surface area contributed by atoms with Gasteiger partial charge in [0.1, 0.15) is 0 Å². The van der Waals surface area contributed by atoms with Gasteiger partial charge in [-0.05, 0) is 61.1 Å². The SMILES string of the molecule is O=C(NCCCCc1ccc(Cl)c(Cl)c1)C1=C(O)C(=O)N(CCc2ccc(F)c(F)c2)C1. The number of benzene rings is 2. The highest BCUT2D eigenvalue weighted by atomic mass is 35.5. The minimum Gasteiger partial charge on any atom is -0.503 e. The molecule has 170 valence electrons. The smallest absolute Gasteiger partial charge is 0.289 e. The standard InChI is InChI=1S/C23H22Cl2F2N2O3/c24-17-6-4-14(11-18(17)25)3-1-2-9-28-22(31)16-13-29(23(32)21(16)30)10-8-15-5-7-19(26)20(27)12-15/h4-7,11-12,30H,1-3,8-10,13H2,(H,28,31). The summed E-state index contributed by atoms with van der Waals surface area (Å²) >= 11 is 11.9. The molecule has 0 aromatic heterocycles. The van der Waals surface area contributed by atoms with Crippen LogP contribution in [0, 0.1) is 11.6 Å². The Bertz CT molecular complexity index is 1060. The Hall–Kier alpha value is -2.64. The lowest BCUT2D eigenvalue weighted by molar-refractivity contribution is -0.127. The molecule has 0 spiro atoms. The molecule has 0 atom stereocenters. The molecule has 5 nitrogen and oxygen atoms in total. The lowest BCUT2D eigenvalue weighted by Crippen LogP contribution is -2.32. The van der Waals surface area contributed by atoms with Gasteiger partial charge < -0.3 is 15.3 Å². The van der Waals surface area contributed by atoms with Gasteiger partial charge in [0.15, 0.2) is 17.4 Å². The second-order valence-corrected chi connectivity index (χ2v) is 8.33. The number of hydrogen-bond donors (Lipinski definition) is 2. The van der Waals surface area contributed by atoms with Gasteiger partial charge in [0.25, 0.3) is 11.8 Å². The van der Waals surface area contributed by atoms with E-state index in [2.05, 4.69) is 5.32 Å². The quantitative estimate of drug-likeness (QED) is 0.512. The molecule has 0 radical (unpaired) electrons. The zero-order valence-corrected chi connectivity index (χ0v) is 18.6. The van der Waals surface area contributed by atoms with Crippen LogP contribution in [-0.2, 0) is 22.4 Å². The number of aliphatic hydroxyl groups is 1. The molecule has 3 rings (SSSR count). The molecular weight excluding hydrogens is 461 g/mol. The zero-order chi connectivity index (χ0) is 23.3. The van der Waals surface area contributed by atoms with Crippen molar-refractivity contribution >= 4 is 35.0 Å². The van der Waals surface area contributed by atoms with Gasteiger partial charge >= 0.3 is 0 Å². The van der Waals surface area contributed by atoms with E-state index in [0.717, 1.165) is 30.5 Å². The van der Waals surface area contributed by atoms with Crippen molar-refractivity contribution in [3.05, 3.63) is 80.5 Å². The third-order valence-corrected chi connectivity index (χ3v) is 5.95. The van der Waals surface area contributed by atoms with Crippen LogP contribution >= 0.6 is 23.2 Å². The number of halogens is 4. The van der Waals surface area contributed by atoms with Crippen LogP contribution in [0.25, 0.3) is 0 Å². The number of amides is 2. The van der Waals surface area contributed by atoms with Gasteiger partial charge in [-0.1, -0.05) is 35.3 Å². The van der Waals surface area contributed by atoms with E-state index in [4.69, 9.17) is 23.2 Å². The monoisotopic (exact) mass is 482 g/mol. The van der Waals surface area contributed by atoms with Crippen molar-refractivity contribution in [3.8, 4) is 0 Å². The Labute approximate surface area is 194 Å². The van der Waals surface area contributed by atoms with E-state index in [1.54, 1.807) is 6.07 Å². The van der Waals surface area contributed by atoms with Crippen LogP contribution in [0.2, 0.25) is 10.0 Å². The van der Waals surface area contributed by atoms with Crippen LogP contribution in [0.15, 0.2) is 47.7 Å². The second kappa shape index (κ2) is 10.8. The molecule has 9 heteroatoms. The second-order valence-electron chi connectivity index (χ2n) is 7.51. The van der Waals surface area contributed by atoms with Crippen LogP contribution in [-0.4, -0.2) is 41.5 Å². The summed E-state index contributed by atoms with van der Waals surface area (Å²) in [4.78, 5) is 25.9. The number of aryl methyl sites for hydroxylation is 1. The van der Waals surface area contributed by atoms with E-state index in [-0.39, 0.29) is 25.1 Å². The van der Waals surface area contributed by atoms with E-state index in [0.29, 0.717) is 28.6 Å². The molecule has 0 saturated carbocycles. The van der Waals surface area contributed by atoms with E-state index in [1.807, 2.05) is 12.1 Å². The van der Waals surface area contributed by atoms with Crippen LogP contribution < -0.4 is 5.32 Å². The van der Waals surface area contributed by atoms with Crippen LogP contribution in [0.3, 0.4) is 0 Å². The molecule has 1 aliphatic heterocycles. The number of carbonyl (C=O) groups is 2. The van der Waals surface area contributed by atoms with Crippen LogP contribution in [0.1, 0.15) is 24.0 Å². The molecule has 32 heavy (non-hydrogen) atoms. The zero-order valence-electron chi connectivity index (χ0n) is 17.1. The summed E-state index contributed by atoms with van der Waals surface area (Å²) in [6.45, 7) is 0.512. The van der Waals surface area contributed by atoms with Crippen molar-refractivity contribution in [1.82, 2.24) is 10.2 Å². The third kappa shape index (κ3) is 5.99. The maximum absolute atomic E-state index is 13.3. The fraction of sp³-hybridized carbons (Fsp3) is 0.304. The molecule has 2 aromatic rings. The van der Waals surface area contributed by atoms with Gasteiger partial charge in [-0.3, -0.25) is 9.59 Å². The molecule has 0 fully saturated rings. The first-order chi connectivity index (χ1) is 15.3. The Kier molecular flexibility index (Phi) is 8.10. The number of rotatable bonds is 9. The maximum Gasteiger partial charge on any atom is 0.289 e. The van der Waals surface area contributed by atoms with Crippen molar-refractivity contribution in [2.75, 3.05) is 19.6 Å². The fourth-order valence-corrected chi connectivity index (χ4v) is 3.71. The summed E-state index contributed by atoms with van der Waals surface area (Å²) in [5.74, 6) is -3.64. The molecule has 0 unspecified atom stereocenters. The number of hydrogen-bond acceptors (Lipinski definition) is 3. The average Bonchev–Trinajstić information content (AvgIpc) is 3.05. The topological polar surface area (TPSA) is 69.6 Å². The van der Waals surface area contributed by atoms with Gasteiger partial charge in [0, 0.05) is 13.1 Å². The largest absolute Gasteiger partial charge is 0.503 e. The minimum absolute atomic E-state index is 0.00442. The summed E-state index contributed by atoms with van der Waals surface area (Å²) in [5, 5.41) is 13.8. The lowest BCUT2D eigenvalue weighted by atomic mass is 10.1. The van der Waals surface area contributed by atoms with Crippen molar-refractivity contribution in [2.45, 2.75) is 25.7 Å². The first kappa shape index (κ1) is 24.0. The van der Waals surface area contributed by atoms with E-state index >= 15 is 0 Å². The first-order valence-electron chi connectivity index (χ1n) is 10.1. The highest BCUT2D eigenvalue weighted by Gasteiger charge is 2.33. The van der Waals surface area contributed by atoms with Gasteiger partial charge in [0.05, 0.1) is 22.2 Å². The van der Waals surface area contributed by atoms with Crippen LogP contribution in [0.4, 0.5) is 8.78 Å². The highest BCUT2D eigenvalue weighted by molar-refractivity contribution is 6.42. The van der Waals surface area contributed by atoms with Crippen molar-refractivity contribution in [1.29, 1.82) is 0 Å². The summed E-state index contributed by atoms with van der Waals surface area (Å²) in [5.41, 5.74) is 1.56. The summed E-state index contributed by atoms with van der Waals surface area (Å²) in [6.07, 6.45) is 2.55. The Morgan fingerprint density at radius 1 is 1.00 bits per heavy atom. The van der Waals surface area contributed by atoms with Gasteiger partial charge in [-0.25, -0.2) is 8.78 Å². The summed E-state index contributed by atoms with van der Waals surface area (Å²) in [7, 11) is 0. The maximum atomic E-state index is 13.3. The molecule has 0 bridgehead atoms. The summed E-state index contributed by atoms with van der Waals surface area (Å²) in [6, 6.07) is 8.96. The fourth-order valence-electron chi connectivity index (χ4n) is 3.39. The number of carbonyl (C=O) groups excluding carboxylic acids is 2. The van der Waals surface area contributed by atoms with Gasteiger partial charge in [0.2, 0.25) is 0 Å². The Morgan fingerprint density at radius 3 is 2.44 bits per heavy atom. The summed E-state index contributed by atoms with van der Waals surface area (Å²) < 4.78 is 26.3. The molecular formula is C23H22Cl2F2N2O3. The number of unbranched alkanes of at least 4 members (excludes halogenated alkanes) is 1. The molecule has 1 aliphatic rings. The van der Waals surface area contributed by atoms with Crippen molar-refractivity contribution in [2.24, 2.45) is 0 Å². The van der Waals surface area contributed by atoms with Crippen LogP contribution in [0.5, 0.6) is 0 Å². The van der Waals surface area contributed by atoms with Crippen molar-refractivity contribution < 1.29 is 23.5 Å². The van der Waals surface area contributed by atoms with E-state index < -0.39 is 29.2 Å². The normalized spacial score (nSPS) is 13.8. The molecule has 1 heterocycles.